The maximum atomic E-state index is 11.7. The lowest BCUT2D eigenvalue weighted by Crippen LogP contribution is -2.44. The number of hydrogen-bond acceptors (Lipinski definition) is 3. The number of aromatic nitrogens is 1. The molecule has 96 valence electrons. The molecule has 1 aromatic heterocycles. The smallest absolute Gasteiger partial charge is 0.269 e. The van der Waals surface area contributed by atoms with Gasteiger partial charge >= 0.3 is 0 Å². The standard InChI is InChI=1S/C12H14ClN3O2/c13-10-7-9(5-6-14-10)12(18)16-15-11(17)8-3-1-2-4-8/h5-8H,1-4H2,(H,15,17)(H,16,18). The zero-order valence-electron chi connectivity index (χ0n) is 9.78. The maximum absolute atomic E-state index is 11.7. The van der Waals surface area contributed by atoms with Gasteiger partial charge in [-0.1, -0.05) is 24.4 Å². The molecule has 0 saturated heterocycles. The SMILES string of the molecule is O=C(NNC(=O)C1CCCC1)c1ccnc(Cl)c1. The van der Waals surface area contributed by atoms with E-state index in [9.17, 15) is 9.59 Å². The minimum atomic E-state index is -0.398. The molecular weight excluding hydrogens is 254 g/mol. The van der Waals surface area contributed by atoms with Crippen molar-refractivity contribution in [3.8, 4) is 0 Å². The van der Waals surface area contributed by atoms with E-state index in [0.717, 1.165) is 25.7 Å². The molecule has 18 heavy (non-hydrogen) atoms. The zero-order chi connectivity index (χ0) is 13.0. The molecule has 0 bridgehead atoms. The molecule has 0 aliphatic heterocycles. The summed E-state index contributed by atoms with van der Waals surface area (Å²) in [5, 5.41) is 0.241. The first-order chi connectivity index (χ1) is 8.66. The summed E-state index contributed by atoms with van der Waals surface area (Å²) >= 11 is 5.68. The van der Waals surface area contributed by atoms with Crippen molar-refractivity contribution in [3.05, 3.63) is 29.0 Å². The van der Waals surface area contributed by atoms with Crippen molar-refractivity contribution in [1.29, 1.82) is 0 Å². The lowest BCUT2D eigenvalue weighted by Gasteiger charge is -2.11. The van der Waals surface area contributed by atoms with Crippen molar-refractivity contribution < 1.29 is 9.59 Å². The van der Waals surface area contributed by atoms with Gasteiger partial charge in [0.25, 0.3) is 5.91 Å². The van der Waals surface area contributed by atoms with E-state index < -0.39 is 5.91 Å². The third kappa shape index (κ3) is 3.20. The van der Waals surface area contributed by atoms with Crippen molar-refractivity contribution in [1.82, 2.24) is 15.8 Å². The fourth-order valence-electron chi connectivity index (χ4n) is 2.02. The quantitative estimate of drug-likeness (QED) is 0.633. The van der Waals surface area contributed by atoms with Crippen LogP contribution in [-0.4, -0.2) is 16.8 Å². The molecular formula is C12H14ClN3O2. The minimum Gasteiger partial charge on any atom is -0.273 e. The van der Waals surface area contributed by atoms with Crippen LogP contribution in [0.15, 0.2) is 18.3 Å². The molecule has 1 saturated carbocycles. The molecule has 1 aromatic rings. The van der Waals surface area contributed by atoms with Gasteiger partial charge in [0.05, 0.1) is 0 Å². The lowest BCUT2D eigenvalue weighted by molar-refractivity contribution is -0.125. The zero-order valence-corrected chi connectivity index (χ0v) is 10.5. The Morgan fingerprint density at radius 1 is 1.28 bits per heavy atom. The van der Waals surface area contributed by atoms with Crippen LogP contribution in [0.25, 0.3) is 0 Å². The van der Waals surface area contributed by atoms with Gasteiger partial charge in [0, 0.05) is 17.7 Å². The maximum Gasteiger partial charge on any atom is 0.269 e. The average molecular weight is 268 g/mol. The Morgan fingerprint density at radius 3 is 2.67 bits per heavy atom. The molecule has 1 aliphatic carbocycles. The number of carbonyl (C=O) groups is 2. The molecule has 2 N–H and O–H groups in total. The van der Waals surface area contributed by atoms with Crippen molar-refractivity contribution in [2.75, 3.05) is 0 Å². The van der Waals surface area contributed by atoms with E-state index in [1.807, 2.05) is 0 Å². The Hall–Kier alpha value is -1.62. The monoisotopic (exact) mass is 267 g/mol. The fourth-order valence-corrected chi connectivity index (χ4v) is 2.20. The Bertz CT molecular complexity index is 458. The second kappa shape index (κ2) is 5.82. The van der Waals surface area contributed by atoms with E-state index in [4.69, 9.17) is 11.6 Å². The Kier molecular flexibility index (Phi) is 4.15. The van der Waals surface area contributed by atoms with E-state index in [1.54, 1.807) is 0 Å². The molecule has 1 heterocycles. The van der Waals surface area contributed by atoms with Gasteiger partial charge in [0.2, 0.25) is 5.91 Å². The highest BCUT2D eigenvalue weighted by Crippen LogP contribution is 2.24. The van der Waals surface area contributed by atoms with E-state index in [-0.39, 0.29) is 17.0 Å². The predicted octanol–water partition coefficient (Wildman–Crippen LogP) is 1.69. The Labute approximate surface area is 110 Å². The number of carbonyl (C=O) groups excluding carboxylic acids is 2. The lowest BCUT2D eigenvalue weighted by atomic mass is 10.1. The Balaban J connectivity index is 1.86. The third-order valence-corrected chi connectivity index (χ3v) is 3.22. The summed E-state index contributed by atoms with van der Waals surface area (Å²) < 4.78 is 0. The van der Waals surface area contributed by atoms with Crippen LogP contribution >= 0.6 is 11.6 Å². The van der Waals surface area contributed by atoms with Crippen LogP contribution in [0.3, 0.4) is 0 Å². The minimum absolute atomic E-state index is 0.0197. The second-order valence-corrected chi connectivity index (χ2v) is 4.68. The summed E-state index contributed by atoms with van der Waals surface area (Å²) in [4.78, 5) is 27.2. The molecule has 0 spiro atoms. The molecule has 5 nitrogen and oxygen atoms in total. The molecule has 6 heteroatoms. The van der Waals surface area contributed by atoms with Gasteiger partial charge in [-0.2, -0.15) is 0 Å². The first-order valence-corrected chi connectivity index (χ1v) is 6.26. The topological polar surface area (TPSA) is 71.1 Å². The summed E-state index contributed by atoms with van der Waals surface area (Å²) in [6.07, 6.45) is 5.37. The largest absolute Gasteiger partial charge is 0.273 e. The van der Waals surface area contributed by atoms with Gasteiger partial charge in [-0.15, -0.1) is 0 Å². The molecule has 0 radical (unpaired) electrons. The molecule has 0 aromatic carbocycles. The highest BCUT2D eigenvalue weighted by molar-refractivity contribution is 6.29. The number of hydrogen-bond donors (Lipinski definition) is 2. The highest BCUT2D eigenvalue weighted by Gasteiger charge is 2.22. The molecule has 1 aliphatic rings. The second-order valence-electron chi connectivity index (χ2n) is 4.29. The van der Waals surface area contributed by atoms with Crippen molar-refractivity contribution in [2.45, 2.75) is 25.7 Å². The van der Waals surface area contributed by atoms with Crippen LogP contribution in [0.5, 0.6) is 0 Å². The number of nitrogens with one attached hydrogen (secondary N) is 2. The molecule has 2 rings (SSSR count). The number of pyridine rings is 1. The van der Waals surface area contributed by atoms with E-state index in [2.05, 4.69) is 15.8 Å². The van der Waals surface area contributed by atoms with Gasteiger partial charge in [0.15, 0.2) is 0 Å². The van der Waals surface area contributed by atoms with Gasteiger partial charge in [-0.3, -0.25) is 20.4 Å². The van der Waals surface area contributed by atoms with E-state index in [1.165, 1.54) is 18.3 Å². The molecule has 0 atom stereocenters. The summed E-state index contributed by atoms with van der Waals surface area (Å²) in [7, 11) is 0. The Morgan fingerprint density at radius 2 is 2.00 bits per heavy atom. The summed E-state index contributed by atoms with van der Waals surface area (Å²) in [6, 6.07) is 2.97. The van der Waals surface area contributed by atoms with Gasteiger partial charge in [0.1, 0.15) is 5.15 Å². The number of halogens is 1. The van der Waals surface area contributed by atoms with E-state index in [0.29, 0.717) is 5.56 Å². The van der Waals surface area contributed by atoms with Crippen LogP contribution in [0.4, 0.5) is 0 Å². The summed E-state index contributed by atoms with van der Waals surface area (Å²) in [5.41, 5.74) is 5.18. The van der Waals surface area contributed by atoms with Crippen LogP contribution in [0, 0.1) is 5.92 Å². The molecule has 1 fully saturated rings. The number of nitrogens with zero attached hydrogens (tertiary/aromatic N) is 1. The average Bonchev–Trinajstić information content (AvgIpc) is 2.89. The van der Waals surface area contributed by atoms with E-state index >= 15 is 0 Å². The fraction of sp³-hybridized carbons (Fsp3) is 0.417. The molecule has 0 unspecified atom stereocenters. The predicted molar refractivity (Wildman–Crippen MR) is 66.8 cm³/mol. The number of amides is 2. The van der Waals surface area contributed by atoms with Crippen LogP contribution in [-0.2, 0) is 4.79 Å². The van der Waals surface area contributed by atoms with Gasteiger partial charge in [-0.05, 0) is 25.0 Å². The van der Waals surface area contributed by atoms with Crippen molar-refractivity contribution >= 4 is 23.4 Å². The van der Waals surface area contributed by atoms with Gasteiger partial charge < -0.3 is 0 Å². The van der Waals surface area contributed by atoms with Crippen molar-refractivity contribution in [2.24, 2.45) is 5.92 Å². The van der Waals surface area contributed by atoms with Gasteiger partial charge in [-0.25, -0.2) is 4.98 Å². The number of rotatable bonds is 2. The van der Waals surface area contributed by atoms with Crippen molar-refractivity contribution in [3.63, 3.8) is 0 Å². The van der Waals surface area contributed by atoms with Crippen LogP contribution < -0.4 is 10.9 Å². The summed E-state index contributed by atoms with van der Waals surface area (Å²) in [6.45, 7) is 0. The van der Waals surface area contributed by atoms with Crippen LogP contribution in [0.1, 0.15) is 36.0 Å². The first kappa shape index (κ1) is 12.8. The third-order valence-electron chi connectivity index (χ3n) is 3.01. The normalized spacial score (nSPS) is 15.4. The molecule has 2 amide bonds. The van der Waals surface area contributed by atoms with Crippen LogP contribution in [0.2, 0.25) is 5.15 Å². The number of hydrazine groups is 1. The summed E-state index contributed by atoms with van der Waals surface area (Å²) in [5.74, 6) is -0.502. The highest BCUT2D eigenvalue weighted by atomic mass is 35.5. The first-order valence-electron chi connectivity index (χ1n) is 5.88.